The number of tetrazole rings is 1. The normalized spacial score (nSPS) is 11.4. The average molecular weight is 446 g/mol. The first kappa shape index (κ1) is 22.6. The summed E-state index contributed by atoms with van der Waals surface area (Å²) in [5.74, 6) is 1.08. The molecule has 0 amide bonds. The Bertz CT molecular complexity index is 1220. The molecule has 0 aliphatic carbocycles. The van der Waals surface area contributed by atoms with Crippen molar-refractivity contribution in [2.24, 2.45) is 5.92 Å². The van der Waals surface area contributed by atoms with E-state index >= 15 is 0 Å². The van der Waals surface area contributed by atoms with Crippen LogP contribution in [-0.4, -0.2) is 34.7 Å². The molecule has 0 spiro atoms. The van der Waals surface area contributed by atoms with Gasteiger partial charge in [0, 0.05) is 36.4 Å². The van der Waals surface area contributed by atoms with E-state index < -0.39 is 0 Å². The Kier molecular flexibility index (Phi) is 7.12. The molecule has 8 nitrogen and oxygen atoms in total. The van der Waals surface area contributed by atoms with Crippen molar-refractivity contribution in [2.45, 2.75) is 59.5 Å². The highest BCUT2D eigenvalue weighted by atomic mass is 16.1. The number of nitrogens with zero attached hydrogens (tertiary/aromatic N) is 6. The van der Waals surface area contributed by atoms with Crippen LogP contribution >= 0.6 is 0 Å². The van der Waals surface area contributed by atoms with Gasteiger partial charge in [-0.2, -0.15) is 5.21 Å². The van der Waals surface area contributed by atoms with Crippen LogP contribution in [0.25, 0.3) is 22.5 Å². The lowest BCUT2D eigenvalue weighted by Gasteiger charge is -2.10. The molecular formula is C25H31N7O. The molecule has 0 fully saturated rings. The summed E-state index contributed by atoms with van der Waals surface area (Å²) in [5, 5.41) is 14.3. The highest BCUT2D eigenvalue weighted by Crippen LogP contribution is 2.29. The predicted octanol–water partition coefficient (Wildman–Crippen LogP) is 4.33. The first-order valence-corrected chi connectivity index (χ1v) is 11.6. The average Bonchev–Trinajstić information content (AvgIpc) is 3.46. The largest absolute Gasteiger partial charge is 0.328 e. The summed E-state index contributed by atoms with van der Waals surface area (Å²) in [6, 6.07) is 10.2. The molecule has 3 heterocycles. The zero-order chi connectivity index (χ0) is 23.2. The van der Waals surface area contributed by atoms with E-state index in [0.717, 1.165) is 60.2 Å². The van der Waals surface area contributed by atoms with Gasteiger partial charge in [0.05, 0.1) is 6.54 Å². The predicted molar refractivity (Wildman–Crippen MR) is 129 cm³/mol. The molecule has 4 aromatic rings. The van der Waals surface area contributed by atoms with Crippen LogP contribution in [0, 0.1) is 5.92 Å². The van der Waals surface area contributed by atoms with Gasteiger partial charge >= 0.3 is 5.69 Å². The molecule has 0 aliphatic heterocycles. The third kappa shape index (κ3) is 5.27. The second kappa shape index (κ2) is 10.4. The molecule has 1 N–H and O–H groups in total. The summed E-state index contributed by atoms with van der Waals surface area (Å²) in [7, 11) is 0. The zero-order valence-electron chi connectivity index (χ0n) is 19.5. The van der Waals surface area contributed by atoms with Crippen molar-refractivity contribution >= 4 is 0 Å². The lowest BCUT2D eigenvalue weighted by molar-refractivity contribution is 0.502. The minimum atomic E-state index is 0.0827. The Labute approximate surface area is 193 Å². The fourth-order valence-corrected chi connectivity index (χ4v) is 3.94. The fraction of sp³-hybridized carbons (Fsp3) is 0.400. The molecule has 0 unspecified atom stereocenters. The lowest BCUT2D eigenvalue weighted by Crippen LogP contribution is -2.26. The van der Waals surface area contributed by atoms with Gasteiger partial charge in [0.25, 0.3) is 0 Å². The first-order chi connectivity index (χ1) is 16.1. The Morgan fingerprint density at radius 3 is 2.61 bits per heavy atom. The number of pyridine rings is 1. The Balaban J connectivity index is 1.59. The van der Waals surface area contributed by atoms with Crippen molar-refractivity contribution in [3.05, 3.63) is 70.7 Å². The minimum Gasteiger partial charge on any atom is -0.299 e. The summed E-state index contributed by atoms with van der Waals surface area (Å²) < 4.78 is 3.82. The van der Waals surface area contributed by atoms with E-state index in [1.54, 1.807) is 12.4 Å². The minimum absolute atomic E-state index is 0.0827. The first-order valence-electron chi connectivity index (χ1n) is 11.6. The quantitative estimate of drug-likeness (QED) is 0.392. The maximum Gasteiger partial charge on any atom is 0.328 e. The lowest BCUT2D eigenvalue weighted by atomic mass is 10.00. The number of H-pyrrole nitrogens is 1. The number of rotatable bonds is 10. The Hall–Kier alpha value is -3.55. The van der Waals surface area contributed by atoms with Crippen LogP contribution in [0.4, 0.5) is 0 Å². The van der Waals surface area contributed by atoms with Crippen molar-refractivity contribution in [3.8, 4) is 22.5 Å². The third-order valence-corrected chi connectivity index (χ3v) is 5.87. The van der Waals surface area contributed by atoms with Crippen LogP contribution in [0.3, 0.4) is 0 Å². The van der Waals surface area contributed by atoms with Crippen LogP contribution in [0.15, 0.2) is 53.7 Å². The van der Waals surface area contributed by atoms with Crippen LogP contribution in [0.1, 0.15) is 51.3 Å². The molecule has 8 heteroatoms. The molecule has 0 saturated carbocycles. The fourth-order valence-electron chi connectivity index (χ4n) is 3.94. The highest BCUT2D eigenvalue weighted by molar-refractivity contribution is 5.79. The van der Waals surface area contributed by atoms with Gasteiger partial charge in [-0.15, -0.1) is 10.2 Å². The second-order valence-electron chi connectivity index (χ2n) is 8.82. The SMILES string of the molecule is CCCCc1cn(CCC(C)C)c(=O)n1Cc1ccc(-c2ccncc2-c2nn[nH]n2)cc1. The van der Waals surface area contributed by atoms with Gasteiger partial charge in [0.1, 0.15) is 0 Å². The van der Waals surface area contributed by atoms with E-state index in [-0.39, 0.29) is 5.69 Å². The van der Waals surface area contributed by atoms with Crippen molar-refractivity contribution in [1.82, 2.24) is 34.7 Å². The monoisotopic (exact) mass is 445 g/mol. The smallest absolute Gasteiger partial charge is 0.299 e. The molecule has 0 radical (unpaired) electrons. The summed E-state index contributed by atoms with van der Waals surface area (Å²) in [4.78, 5) is 17.3. The molecule has 33 heavy (non-hydrogen) atoms. The van der Waals surface area contributed by atoms with Crippen LogP contribution in [0.2, 0.25) is 0 Å². The van der Waals surface area contributed by atoms with E-state index in [4.69, 9.17) is 0 Å². The van der Waals surface area contributed by atoms with E-state index in [2.05, 4.69) is 76.8 Å². The van der Waals surface area contributed by atoms with Gasteiger partial charge in [-0.25, -0.2) is 4.79 Å². The molecular weight excluding hydrogens is 414 g/mol. The van der Waals surface area contributed by atoms with Crippen molar-refractivity contribution in [1.29, 1.82) is 0 Å². The number of aryl methyl sites for hydroxylation is 2. The number of unbranched alkanes of at least 4 members (excludes halogenated alkanes) is 1. The maximum absolute atomic E-state index is 13.1. The van der Waals surface area contributed by atoms with Crippen LogP contribution < -0.4 is 5.69 Å². The van der Waals surface area contributed by atoms with Gasteiger partial charge in [-0.05, 0) is 53.2 Å². The second-order valence-corrected chi connectivity index (χ2v) is 8.82. The Morgan fingerprint density at radius 1 is 1.09 bits per heavy atom. The molecule has 172 valence electrons. The van der Waals surface area contributed by atoms with Gasteiger partial charge < -0.3 is 0 Å². The summed E-state index contributed by atoms with van der Waals surface area (Å²) in [5.41, 5.74) is 5.13. The van der Waals surface area contributed by atoms with E-state index in [1.165, 1.54) is 0 Å². The highest BCUT2D eigenvalue weighted by Gasteiger charge is 2.14. The summed E-state index contributed by atoms with van der Waals surface area (Å²) >= 11 is 0. The molecule has 0 saturated heterocycles. The van der Waals surface area contributed by atoms with Gasteiger partial charge in [-0.1, -0.05) is 51.5 Å². The van der Waals surface area contributed by atoms with Crippen molar-refractivity contribution in [3.63, 3.8) is 0 Å². The number of hydrogen-bond acceptors (Lipinski definition) is 5. The number of aromatic amines is 1. The molecule has 0 bridgehead atoms. The van der Waals surface area contributed by atoms with Crippen LogP contribution in [-0.2, 0) is 19.5 Å². The number of hydrogen-bond donors (Lipinski definition) is 1. The number of aromatic nitrogens is 7. The van der Waals surface area contributed by atoms with E-state index in [9.17, 15) is 4.79 Å². The van der Waals surface area contributed by atoms with Gasteiger partial charge in [0.15, 0.2) is 0 Å². The third-order valence-electron chi connectivity index (χ3n) is 5.87. The summed E-state index contributed by atoms with van der Waals surface area (Å²) in [6.45, 7) is 7.89. The molecule has 3 aromatic heterocycles. The van der Waals surface area contributed by atoms with E-state index in [1.807, 2.05) is 15.2 Å². The molecule has 1 aromatic carbocycles. The van der Waals surface area contributed by atoms with Crippen molar-refractivity contribution < 1.29 is 0 Å². The van der Waals surface area contributed by atoms with Crippen molar-refractivity contribution in [2.75, 3.05) is 0 Å². The molecule has 0 atom stereocenters. The Morgan fingerprint density at radius 2 is 1.91 bits per heavy atom. The topological polar surface area (TPSA) is 94.3 Å². The van der Waals surface area contributed by atoms with Gasteiger partial charge in [-0.3, -0.25) is 14.1 Å². The molecule has 0 aliphatic rings. The standard InChI is InChI=1S/C25H31N7O/c1-4-5-6-21-17-31(14-12-18(2)3)25(33)32(21)16-19-7-9-20(10-8-19)22-11-13-26-15-23(22)24-27-29-30-28-24/h7-11,13,15,17-18H,4-6,12,14,16H2,1-3H3,(H,27,28,29,30). The maximum atomic E-state index is 13.1. The zero-order valence-corrected chi connectivity index (χ0v) is 19.5. The molecule has 4 rings (SSSR count). The number of nitrogens with one attached hydrogen (secondary N) is 1. The number of benzene rings is 1. The van der Waals surface area contributed by atoms with Gasteiger partial charge in [0.2, 0.25) is 5.82 Å². The number of imidazole rings is 1. The van der Waals surface area contributed by atoms with E-state index in [0.29, 0.717) is 18.3 Å². The van der Waals surface area contributed by atoms with Crippen LogP contribution in [0.5, 0.6) is 0 Å². The summed E-state index contributed by atoms with van der Waals surface area (Å²) in [6.07, 6.45) is 9.66.